The standard InChI is InChI=1S/C19H32N4/c1-21-14-16-23(17-15-21)11-7-19-4-2-18(3-5-19)6-10-22-12-8-20-9-13-22/h2-5,20H,6-17H2,1H3. The summed E-state index contributed by atoms with van der Waals surface area (Å²) < 4.78 is 0. The van der Waals surface area contributed by atoms with Crippen LogP contribution in [0.1, 0.15) is 11.1 Å². The summed E-state index contributed by atoms with van der Waals surface area (Å²) in [6.07, 6.45) is 2.36. The molecule has 23 heavy (non-hydrogen) atoms. The average molecular weight is 316 g/mol. The Balaban J connectivity index is 1.38. The molecule has 0 aliphatic carbocycles. The molecule has 0 amide bonds. The minimum absolute atomic E-state index is 1.14. The average Bonchev–Trinajstić information content (AvgIpc) is 2.61. The van der Waals surface area contributed by atoms with E-state index in [0.717, 1.165) is 13.1 Å². The van der Waals surface area contributed by atoms with Crippen molar-refractivity contribution in [2.24, 2.45) is 0 Å². The zero-order chi connectivity index (χ0) is 15.9. The molecule has 2 fully saturated rings. The molecule has 0 unspecified atom stereocenters. The normalized spacial score (nSPS) is 21.6. The molecule has 1 N–H and O–H groups in total. The van der Waals surface area contributed by atoms with E-state index in [1.165, 1.54) is 76.3 Å². The molecule has 3 rings (SSSR count). The van der Waals surface area contributed by atoms with E-state index in [4.69, 9.17) is 0 Å². The van der Waals surface area contributed by atoms with Gasteiger partial charge < -0.3 is 20.0 Å². The lowest BCUT2D eigenvalue weighted by Gasteiger charge is -2.32. The molecule has 0 aromatic heterocycles. The van der Waals surface area contributed by atoms with E-state index >= 15 is 0 Å². The molecule has 128 valence electrons. The van der Waals surface area contributed by atoms with Gasteiger partial charge in [0.25, 0.3) is 0 Å². The minimum atomic E-state index is 1.14. The summed E-state index contributed by atoms with van der Waals surface area (Å²) in [5, 5.41) is 3.42. The highest BCUT2D eigenvalue weighted by molar-refractivity contribution is 5.23. The number of rotatable bonds is 6. The molecule has 2 heterocycles. The van der Waals surface area contributed by atoms with Crippen molar-refractivity contribution in [1.82, 2.24) is 20.0 Å². The van der Waals surface area contributed by atoms with Crippen LogP contribution < -0.4 is 5.32 Å². The first-order valence-corrected chi connectivity index (χ1v) is 9.21. The lowest BCUT2D eigenvalue weighted by Crippen LogP contribution is -2.45. The Morgan fingerprint density at radius 1 is 0.739 bits per heavy atom. The largest absolute Gasteiger partial charge is 0.314 e. The van der Waals surface area contributed by atoms with Crippen molar-refractivity contribution in [3.63, 3.8) is 0 Å². The molecule has 0 spiro atoms. The number of hydrogen-bond acceptors (Lipinski definition) is 4. The van der Waals surface area contributed by atoms with E-state index < -0.39 is 0 Å². The fourth-order valence-corrected chi connectivity index (χ4v) is 3.45. The Kier molecular flexibility index (Phi) is 6.46. The van der Waals surface area contributed by atoms with Crippen molar-refractivity contribution < 1.29 is 0 Å². The van der Waals surface area contributed by atoms with Crippen LogP contribution in [0.25, 0.3) is 0 Å². The van der Waals surface area contributed by atoms with Crippen LogP contribution in [-0.4, -0.2) is 87.2 Å². The molecule has 4 heteroatoms. The van der Waals surface area contributed by atoms with E-state index in [0.29, 0.717) is 0 Å². The molecule has 1 aromatic carbocycles. The molecular weight excluding hydrogens is 284 g/mol. The molecule has 1 aromatic rings. The maximum Gasteiger partial charge on any atom is 0.0110 e. The highest BCUT2D eigenvalue weighted by Crippen LogP contribution is 2.09. The van der Waals surface area contributed by atoms with Gasteiger partial charge in [0.15, 0.2) is 0 Å². The summed E-state index contributed by atoms with van der Waals surface area (Å²) in [5.41, 5.74) is 2.96. The highest BCUT2D eigenvalue weighted by atomic mass is 15.2. The van der Waals surface area contributed by atoms with Crippen LogP contribution in [-0.2, 0) is 12.8 Å². The Bertz CT molecular complexity index is 445. The third-order valence-corrected chi connectivity index (χ3v) is 5.26. The van der Waals surface area contributed by atoms with Gasteiger partial charge in [0.2, 0.25) is 0 Å². The maximum atomic E-state index is 3.42. The Morgan fingerprint density at radius 3 is 1.74 bits per heavy atom. The second-order valence-electron chi connectivity index (χ2n) is 7.05. The molecule has 2 saturated heterocycles. The van der Waals surface area contributed by atoms with Crippen LogP contribution in [0, 0.1) is 0 Å². The van der Waals surface area contributed by atoms with Crippen LogP contribution >= 0.6 is 0 Å². The molecule has 4 nitrogen and oxygen atoms in total. The fourth-order valence-electron chi connectivity index (χ4n) is 3.45. The van der Waals surface area contributed by atoms with E-state index in [-0.39, 0.29) is 0 Å². The summed E-state index contributed by atoms with van der Waals surface area (Å²) in [4.78, 5) is 7.58. The summed E-state index contributed by atoms with van der Waals surface area (Å²) in [6, 6.07) is 9.34. The molecule has 2 aliphatic rings. The van der Waals surface area contributed by atoms with Crippen molar-refractivity contribution in [3.8, 4) is 0 Å². The first-order valence-electron chi connectivity index (χ1n) is 9.21. The van der Waals surface area contributed by atoms with Gasteiger partial charge in [-0.3, -0.25) is 0 Å². The van der Waals surface area contributed by atoms with Crippen molar-refractivity contribution in [3.05, 3.63) is 35.4 Å². The predicted octanol–water partition coefficient (Wildman–Crippen LogP) is 0.924. The van der Waals surface area contributed by atoms with Gasteiger partial charge >= 0.3 is 0 Å². The van der Waals surface area contributed by atoms with E-state index in [9.17, 15) is 0 Å². The predicted molar refractivity (Wildman–Crippen MR) is 97.1 cm³/mol. The smallest absolute Gasteiger partial charge is 0.0110 e. The maximum absolute atomic E-state index is 3.42. The lowest BCUT2D eigenvalue weighted by atomic mass is 10.1. The summed E-state index contributed by atoms with van der Waals surface area (Å²) in [6.45, 7) is 12.0. The molecular formula is C19H32N4. The second-order valence-corrected chi connectivity index (χ2v) is 7.05. The number of hydrogen-bond donors (Lipinski definition) is 1. The summed E-state index contributed by atoms with van der Waals surface area (Å²) in [7, 11) is 2.22. The SMILES string of the molecule is CN1CCN(CCc2ccc(CCN3CCNCC3)cc2)CC1. The number of benzene rings is 1. The Hall–Kier alpha value is -0.940. The van der Waals surface area contributed by atoms with Gasteiger partial charge in [-0.25, -0.2) is 0 Å². The molecule has 0 radical (unpaired) electrons. The van der Waals surface area contributed by atoms with Gasteiger partial charge in [-0.05, 0) is 31.0 Å². The van der Waals surface area contributed by atoms with Crippen LogP contribution in [0.3, 0.4) is 0 Å². The van der Waals surface area contributed by atoms with E-state index in [1.807, 2.05) is 0 Å². The molecule has 0 saturated carbocycles. The highest BCUT2D eigenvalue weighted by Gasteiger charge is 2.13. The van der Waals surface area contributed by atoms with Crippen molar-refractivity contribution in [2.45, 2.75) is 12.8 Å². The number of nitrogens with zero attached hydrogens (tertiary/aromatic N) is 3. The van der Waals surface area contributed by atoms with Gasteiger partial charge in [-0.1, -0.05) is 24.3 Å². The van der Waals surface area contributed by atoms with E-state index in [2.05, 4.69) is 51.3 Å². The van der Waals surface area contributed by atoms with Crippen molar-refractivity contribution in [1.29, 1.82) is 0 Å². The third kappa shape index (κ3) is 5.57. The quantitative estimate of drug-likeness (QED) is 0.842. The fraction of sp³-hybridized carbons (Fsp3) is 0.684. The zero-order valence-corrected chi connectivity index (χ0v) is 14.6. The Morgan fingerprint density at radius 2 is 1.22 bits per heavy atom. The van der Waals surface area contributed by atoms with Gasteiger partial charge in [0.1, 0.15) is 0 Å². The minimum Gasteiger partial charge on any atom is -0.314 e. The number of piperazine rings is 2. The lowest BCUT2D eigenvalue weighted by molar-refractivity contribution is 0.155. The molecule has 0 atom stereocenters. The van der Waals surface area contributed by atoms with E-state index in [1.54, 1.807) is 0 Å². The third-order valence-electron chi connectivity index (χ3n) is 5.26. The zero-order valence-electron chi connectivity index (χ0n) is 14.6. The topological polar surface area (TPSA) is 21.8 Å². The van der Waals surface area contributed by atoms with Crippen LogP contribution in [0.15, 0.2) is 24.3 Å². The van der Waals surface area contributed by atoms with Gasteiger partial charge in [0, 0.05) is 65.4 Å². The van der Waals surface area contributed by atoms with Gasteiger partial charge in [-0.15, -0.1) is 0 Å². The first-order chi connectivity index (χ1) is 11.3. The molecule has 0 bridgehead atoms. The summed E-state index contributed by atoms with van der Waals surface area (Å²) >= 11 is 0. The molecule has 2 aliphatic heterocycles. The second kappa shape index (κ2) is 8.78. The van der Waals surface area contributed by atoms with Crippen LogP contribution in [0.4, 0.5) is 0 Å². The Labute approximate surface area is 141 Å². The van der Waals surface area contributed by atoms with Crippen molar-refractivity contribution in [2.75, 3.05) is 72.5 Å². The number of likely N-dealkylation sites (N-methyl/N-ethyl adjacent to an activating group) is 1. The summed E-state index contributed by atoms with van der Waals surface area (Å²) in [5.74, 6) is 0. The van der Waals surface area contributed by atoms with Crippen molar-refractivity contribution >= 4 is 0 Å². The number of nitrogens with one attached hydrogen (secondary N) is 1. The monoisotopic (exact) mass is 316 g/mol. The van der Waals surface area contributed by atoms with Gasteiger partial charge in [-0.2, -0.15) is 0 Å². The van der Waals surface area contributed by atoms with Crippen LogP contribution in [0.2, 0.25) is 0 Å². The van der Waals surface area contributed by atoms with Gasteiger partial charge in [0.05, 0.1) is 0 Å². The van der Waals surface area contributed by atoms with Crippen LogP contribution in [0.5, 0.6) is 0 Å². The first kappa shape index (κ1) is 16.9.